The Labute approximate surface area is 111 Å². The summed E-state index contributed by atoms with van der Waals surface area (Å²) >= 11 is 5.96. The lowest BCUT2D eigenvalue weighted by Gasteiger charge is -2.12. The summed E-state index contributed by atoms with van der Waals surface area (Å²) in [6.07, 6.45) is -0.742. The molecule has 2 rings (SSSR count). The van der Waals surface area contributed by atoms with Crippen LogP contribution in [0.4, 0.5) is 0 Å². The van der Waals surface area contributed by atoms with Crippen molar-refractivity contribution in [3.05, 3.63) is 51.9 Å². The molecule has 0 aliphatic carbocycles. The first kappa shape index (κ1) is 13.0. The molecule has 1 aromatic heterocycles. The van der Waals surface area contributed by atoms with Crippen LogP contribution in [0.25, 0.3) is 0 Å². The van der Waals surface area contributed by atoms with E-state index in [2.05, 4.69) is 0 Å². The van der Waals surface area contributed by atoms with Gasteiger partial charge in [0.25, 0.3) is 0 Å². The molecular weight excluding hydrogens is 252 g/mol. The van der Waals surface area contributed by atoms with E-state index < -0.39 is 6.10 Å². The number of aliphatic hydroxyl groups excluding tert-OH is 1. The molecule has 0 bridgehead atoms. The van der Waals surface area contributed by atoms with Crippen LogP contribution < -0.4 is 4.74 Å². The van der Waals surface area contributed by atoms with Crippen molar-refractivity contribution in [3.8, 4) is 5.75 Å². The predicted octanol–water partition coefficient (Wildman–Crippen LogP) is 3.64. The summed E-state index contributed by atoms with van der Waals surface area (Å²) in [5.74, 6) is 2.04. The summed E-state index contributed by atoms with van der Waals surface area (Å²) in [5, 5.41) is 10.9. The van der Waals surface area contributed by atoms with Crippen LogP contribution >= 0.6 is 11.6 Å². The number of halogens is 1. The van der Waals surface area contributed by atoms with Crippen molar-refractivity contribution in [1.29, 1.82) is 0 Å². The summed E-state index contributed by atoms with van der Waals surface area (Å²) in [5.41, 5.74) is 1.48. The molecule has 18 heavy (non-hydrogen) atoms. The molecule has 3 nitrogen and oxygen atoms in total. The van der Waals surface area contributed by atoms with Gasteiger partial charge in [-0.05, 0) is 37.6 Å². The van der Waals surface area contributed by atoms with E-state index in [4.69, 9.17) is 20.8 Å². The van der Waals surface area contributed by atoms with Crippen molar-refractivity contribution in [2.24, 2.45) is 0 Å². The summed E-state index contributed by atoms with van der Waals surface area (Å²) in [6, 6.07) is 7.05. The van der Waals surface area contributed by atoms with Gasteiger partial charge < -0.3 is 14.3 Å². The first-order valence-electron chi connectivity index (χ1n) is 5.61. The molecule has 1 N–H and O–H groups in total. The van der Waals surface area contributed by atoms with Crippen molar-refractivity contribution in [2.45, 2.75) is 20.0 Å². The third-order valence-electron chi connectivity index (χ3n) is 2.86. The number of furan rings is 1. The van der Waals surface area contributed by atoms with Gasteiger partial charge in [-0.2, -0.15) is 0 Å². The number of ether oxygens (including phenoxy) is 1. The van der Waals surface area contributed by atoms with E-state index in [-0.39, 0.29) is 0 Å². The molecule has 96 valence electrons. The maximum atomic E-state index is 10.3. The lowest BCUT2D eigenvalue weighted by molar-refractivity contribution is 0.217. The van der Waals surface area contributed by atoms with Crippen LogP contribution in [-0.2, 0) is 0 Å². The third-order valence-corrected chi connectivity index (χ3v) is 3.18. The molecule has 0 amide bonds. The molecule has 0 saturated carbocycles. The lowest BCUT2D eigenvalue weighted by Crippen LogP contribution is -2.00. The SMILES string of the molecule is COc1cc(C(O)c2cc(C)oc2C)ccc1Cl. The van der Waals surface area contributed by atoms with Crippen molar-refractivity contribution in [3.63, 3.8) is 0 Å². The highest BCUT2D eigenvalue weighted by Crippen LogP contribution is 2.32. The first-order valence-corrected chi connectivity index (χ1v) is 5.99. The molecule has 0 spiro atoms. The molecule has 0 aliphatic heterocycles. The third kappa shape index (κ3) is 2.37. The molecule has 2 aromatic rings. The van der Waals surface area contributed by atoms with Crippen LogP contribution in [0.3, 0.4) is 0 Å². The van der Waals surface area contributed by atoms with E-state index in [9.17, 15) is 5.11 Å². The second-order valence-electron chi connectivity index (χ2n) is 4.17. The Bertz CT molecular complexity index is 560. The molecule has 0 aliphatic rings. The van der Waals surface area contributed by atoms with E-state index in [1.807, 2.05) is 19.9 Å². The normalized spacial score (nSPS) is 12.5. The Balaban J connectivity index is 2.39. The van der Waals surface area contributed by atoms with Crippen LogP contribution in [0.2, 0.25) is 5.02 Å². The molecule has 0 fully saturated rings. The Morgan fingerprint density at radius 3 is 2.56 bits per heavy atom. The molecule has 1 aromatic carbocycles. The van der Waals surface area contributed by atoms with E-state index in [1.54, 1.807) is 25.3 Å². The minimum Gasteiger partial charge on any atom is -0.495 e. The quantitative estimate of drug-likeness (QED) is 0.922. The van der Waals surface area contributed by atoms with Gasteiger partial charge in [0.05, 0.1) is 12.1 Å². The van der Waals surface area contributed by atoms with Crippen molar-refractivity contribution in [1.82, 2.24) is 0 Å². The minimum absolute atomic E-state index is 0.522. The smallest absolute Gasteiger partial charge is 0.137 e. The molecule has 0 radical (unpaired) electrons. The average Bonchev–Trinajstić information content (AvgIpc) is 2.68. The van der Waals surface area contributed by atoms with Crippen molar-refractivity contribution >= 4 is 11.6 Å². The molecule has 1 atom stereocenters. The highest BCUT2D eigenvalue weighted by Gasteiger charge is 2.17. The van der Waals surface area contributed by atoms with Crippen LogP contribution in [-0.4, -0.2) is 12.2 Å². The van der Waals surface area contributed by atoms with Gasteiger partial charge >= 0.3 is 0 Å². The highest BCUT2D eigenvalue weighted by molar-refractivity contribution is 6.32. The molecule has 0 saturated heterocycles. The van der Waals surface area contributed by atoms with Crippen molar-refractivity contribution in [2.75, 3.05) is 7.11 Å². The Morgan fingerprint density at radius 1 is 1.28 bits per heavy atom. The zero-order valence-electron chi connectivity index (χ0n) is 10.5. The number of aryl methyl sites for hydroxylation is 2. The number of rotatable bonds is 3. The van der Waals surface area contributed by atoms with Gasteiger partial charge in [-0.3, -0.25) is 0 Å². The van der Waals surface area contributed by atoms with Crippen molar-refractivity contribution < 1.29 is 14.3 Å². The van der Waals surface area contributed by atoms with Crippen LogP contribution in [0.5, 0.6) is 5.75 Å². The fraction of sp³-hybridized carbons (Fsp3) is 0.286. The maximum absolute atomic E-state index is 10.3. The number of aliphatic hydroxyl groups is 1. The number of hydrogen-bond acceptors (Lipinski definition) is 3. The lowest BCUT2D eigenvalue weighted by atomic mass is 10.0. The minimum atomic E-state index is -0.742. The zero-order chi connectivity index (χ0) is 13.3. The average molecular weight is 267 g/mol. The zero-order valence-corrected chi connectivity index (χ0v) is 11.3. The highest BCUT2D eigenvalue weighted by atomic mass is 35.5. The largest absolute Gasteiger partial charge is 0.495 e. The standard InChI is InChI=1S/C14H15ClO3/c1-8-6-11(9(2)18-8)14(16)10-4-5-12(15)13(7-10)17-3/h4-7,14,16H,1-3H3. The van der Waals surface area contributed by atoms with E-state index in [0.717, 1.165) is 16.9 Å². The summed E-state index contributed by atoms with van der Waals surface area (Å²) < 4.78 is 10.6. The van der Waals surface area contributed by atoms with Gasteiger partial charge in [0.1, 0.15) is 23.4 Å². The van der Waals surface area contributed by atoms with Gasteiger partial charge in [-0.1, -0.05) is 17.7 Å². The van der Waals surface area contributed by atoms with Crippen LogP contribution in [0, 0.1) is 13.8 Å². The van der Waals surface area contributed by atoms with Crippen LogP contribution in [0.1, 0.15) is 28.8 Å². The van der Waals surface area contributed by atoms with Gasteiger partial charge in [-0.15, -0.1) is 0 Å². The van der Waals surface area contributed by atoms with Gasteiger partial charge in [0.2, 0.25) is 0 Å². The summed E-state index contributed by atoms with van der Waals surface area (Å²) in [4.78, 5) is 0. The number of benzene rings is 1. The summed E-state index contributed by atoms with van der Waals surface area (Å²) in [6.45, 7) is 3.68. The van der Waals surface area contributed by atoms with E-state index >= 15 is 0 Å². The number of hydrogen-bond donors (Lipinski definition) is 1. The van der Waals surface area contributed by atoms with Gasteiger partial charge in [0, 0.05) is 5.56 Å². The number of methoxy groups -OCH3 is 1. The molecule has 4 heteroatoms. The summed E-state index contributed by atoms with van der Waals surface area (Å²) in [7, 11) is 1.55. The Hall–Kier alpha value is -1.45. The van der Waals surface area contributed by atoms with Crippen LogP contribution in [0.15, 0.2) is 28.7 Å². The fourth-order valence-electron chi connectivity index (χ4n) is 1.95. The Kier molecular flexibility index (Phi) is 3.64. The second-order valence-corrected chi connectivity index (χ2v) is 4.57. The first-order chi connectivity index (χ1) is 8.52. The Morgan fingerprint density at radius 2 is 2.00 bits per heavy atom. The van der Waals surface area contributed by atoms with Gasteiger partial charge in [0.15, 0.2) is 0 Å². The second kappa shape index (κ2) is 5.04. The van der Waals surface area contributed by atoms with E-state index in [1.165, 1.54) is 0 Å². The van der Waals surface area contributed by atoms with Gasteiger partial charge in [-0.25, -0.2) is 0 Å². The molecular formula is C14H15ClO3. The van der Waals surface area contributed by atoms with E-state index in [0.29, 0.717) is 16.5 Å². The molecule has 1 heterocycles. The topological polar surface area (TPSA) is 42.6 Å². The predicted molar refractivity (Wildman–Crippen MR) is 70.2 cm³/mol. The molecule has 1 unspecified atom stereocenters. The fourth-order valence-corrected chi connectivity index (χ4v) is 2.14. The maximum Gasteiger partial charge on any atom is 0.137 e. The monoisotopic (exact) mass is 266 g/mol.